The Morgan fingerprint density at radius 3 is 2.52 bits per heavy atom. The number of unbranched alkanes of at least 4 members (excludes halogenated alkanes) is 1. The fourth-order valence-electron chi connectivity index (χ4n) is 2.96. The van der Waals surface area contributed by atoms with Gasteiger partial charge >= 0.3 is 0 Å². The largest absolute Gasteiger partial charge is 0.320 e. The van der Waals surface area contributed by atoms with Crippen LogP contribution >= 0.6 is 31.9 Å². The number of anilines is 1. The van der Waals surface area contributed by atoms with Gasteiger partial charge in [-0.25, -0.2) is 14.1 Å². The second kappa shape index (κ2) is 8.06. The van der Waals surface area contributed by atoms with Crippen molar-refractivity contribution in [1.82, 2.24) is 14.8 Å². The number of halogens is 3. The first kappa shape index (κ1) is 19.9. The van der Waals surface area contributed by atoms with Crippen LogP contribution in [-0.4, -0.2) is 20.7 Å². The van der Waals surface area contributed by atoms with Gasteiger partial charge in [-0.1, -0.05) is 13.3 Å². The highest BCUT2D eigenvalue weighted by Crippen LogP contribution is 2.33. The van der Waals surface area contributed by atoms with E-state index in [0.29, 0.717) is 25.8 Å². The molecule has 3 aromatic rings. The first-order chi connectivity index (χ1) is 12.8. The predicted octanol–water partition coefficient (Wildman–Crippen LogP) is 5.76. The van der Waals surface area contributed by atoms with Crippen LogP contribution in [0.25, 0.3) is 11.0 Å². The first-order valence-corrected chi connectivity index (χ1v) is 10.2. The van der Waals surface area contributed by atoms with E-state index in [1.165, 1.54) is 12.1 Å². The van der Waals surface area contributed by atoms with Crippen molar-refractivity contribution in [3.63, 3.8) is 0 Å². The van der Waals surface area contributed by atoms with Crippen LogP contribution in [0.3, 0.4) is 0 Å². The Labute approximate surface area is 173 Å². The Morgan fingerprint density at radius 1 is 1.22 bits per heavy atom. The maximum Gasteiger partial charge on any atom is 0.256 e. The summed E-state index contributed by atoms with van der Waals surface area (Å²) < 4.78 is 16.3. The molecule has 2 heterocycles. The van der Waals surface area contributed by atoms with Crippen LogP contribution in [-0.2, 0) is 6.54 Å². The lowest BCUT2D eigenvalue weighted by atomic mass is 10.1. The van der Waals surface area contributed by atoms with E-state index in [4.69, 9.17) is 0 Å². The SMILES string of the molecule is CCCCn1nc(C)c2c(C(=O)Nc3c(Br)cc(F)cc3Br)cc(C)nc21. The highest BCUT2D eigenvalue weighted by atomic mass is 79.9. The Hall–Kier alpha value is -1.80. The second-order valence-electron chi connectivity index (χ2n) is 6.37. The van der Waals surface area contributed by atoms with E-state index in [1.807, 2.05) is 18.5 Å². The molecule has 0 unspecified atom stereocenters. The third kappa shape index (κ3) is 4.06. The van der Waals surface area contributed by atoms with Crippen LogP contribution in [0.15, 0.2) is 27.1 Å². The average molecular weight is 498 g/mol. The second-order valence-corrected chi connectivity index (χ2v) is 8.08. The van der Waals surface area contributed by atoms with Gasteiger partial charge in [0.25, 0.3) is 5.91 Å². The highest BCUT2D eigenvalue weighted by molar-refractivity contribution is 9.11. The van der Waals surface area contributed by atoms with Crippen molar-refractivity contribution in [1.29, 1.82) is 0 Å². The summed E-state index contributed by atoms with van der Waals surface area (Å²) in [6.07, 6.45) is 2.04. The standard InChI is InChI=1S/C19H19Br2FN4O/c1-4-5-6-26-18-16(11(3)25-26)13(7-10(2)23-18)19(27)24-17-14(20)8-12(22)9-15(17)21/h7-9H,4-6H2,1-3H3,(H,24,27). The van der Waals surface area contributed by atoms with Crippen molar-refractivity contribution in [2.45, 2.75) is 40.2 Å². The number of aryl methyl sites for hydroxylation is 3. The summed E-state index contributed by atoms with van der Waals surface area (Å²) in [5, 5.41) is 8.17. The molecule has 0 atom stereocenters. The molecule has 0 saturated heterocycles. The molecule has 0 aliphatic carbocycles. The van der Waals surface area contributed by atoms with Crippen molar-refractivity contribution in [2.75, 3.05) is 5.32 Å². The molecule has 8 heteroatoms. The van der Waals surface area contributed by atoms with Gasteiger partial charge < -0.3 is 5.32 Å². The highest BCUT2D eigenvalue weighted by Gasteiger charge is 2.20. The van der Waals surface area contributed by atoms with Crippen LogP contribution < -0.4 is 5.32 Å². The fourth-order valence-corrected chi connectivity index (χ4v) is 4.29. The topological polar surface area (TPSA) is 59.8 Å². The van der Waals surface area contributed by atoms with Gasteiger partial charge in [-0.05, 0) is 70.3 Å². The predicted molar refractivity (Wildman–Crippen MR) is 112 cm³/mol. The van der Waals surface area contributed by atoms with Gasteiger partial charge in [0.1, 0.15) is 5.82 Å². The number of benzene rings is 1. The zero-order valence-electron chi connectivity index (χ0n) is 15.2. The summed E-state index contributed by atoms with van der Waals surface area (Å²) in [7, 11) is 0. The van der Waals surface area contributed by atoms with E-state index >= 15 is 0 Å². The van der Waals surface area contributed by atoms with Crippen molar-refractivity contribution in [3.05, 3.63) is 49.9 Å². The first-order valence-electron chi connectivity index (χ1n) is 8.62. The molecule has 0 aliphatic heterocycles. The molecule has 0 radical (unpaired) electrons. The maximum atomic E-state index is 13.5. The molecule has 0 fully saturated rings. The quantitative estimate of drug-likeness (QED) is 0.487. The number of hydrogen-bond acceptors (Lipinski definition) is 3. The van der Waals surface area contributed by atoms with E-state index in [-0.39, 0.29) is 5.91 Å². The summed E-state index contributed by atoms with van der Waals surface area (Å²) in [6, 6.07) is 4.37. The Bertz CT molecular complexity index is 1010. The van der Waals surface area contributed by atoms with Crippen LogP contribution in [0.2, 0.25) is 0 Å². The minimum Gasteiger partial charge on any atom is -0.320 e. The molecule has 0 spiro atoms. The number of carbonyl (C=O) groups excluding carboxylic acids is 1. The normalized spacial score (nSPS) is 11.2. The van der Waals surface area contributed by atoms with Crippen LogP contribution in [0.4, 0.5) is 10.1 Å². The van der Waals surface area contributed by atoms with E-state index < -0.39 is 5.82 Å². The number of carbonyl (C=O) groups is 1. The maximum absolute atomic E-state index is 13.5. The number of nitrogens with one attached hydrogen (secondary N) is 1. The van der Waals surface area contributed by atoms with Crippen molar-refractivity contribution >= 4 is 54.5 Å². The van der Waals surface area contributed by atoms with Gasteiger partial charge in [0, 0.05) is 21.2 Å². The molecule has 1 aromatic carbocycles. The molecule has 1 N–H and O–H groups in total. The number of aromatic nitrogens is 3. The van der Waals surface area contributed by atoms with E-state index in [2.05, 4.69) is 54.2 Å². The summed E-state index contributed by atoms with van der Waals surface area (Å²) in [5.41, 5.74) is 3.18. The van der Waals surface area contributed by atoms with Gasteiger partial charge in [0.15, 0.2) is 5.65 Å². The zero-order chi connectivity index (χ0) is 19.7. The number of rotatable bonds is 5. The minimum atomic E-state index is -0.401. The Morgan fingerprint density at radius 2 is 1.89 bits per heavy atom. The van der Waals surface area contributed by atoms with Crippen LogP contribution in [0.1, 0.15) is 41.5 Å². The monoisotopic (exact) mass is 496 g/mol. The summed E-state index contributed by atoms with van der Waals surface area (Å²) in [5.74, 6) is -0.696. The summed E-state index contributed by atoms with van der Waals surface area (Å²) >= 11 is 6.59. The lowest BCUT2D eigenvalue weighted by molar-refractivity contribution is 0.102. The molecule has 3 rings (SSSR count). The minimum absolute atomic E-state index is 0.295. The molecular formula is C19H19Br2FN4O. The molecule has 0 saturated carbocycles. The van der Waals surface area contributed by atoms with Gasteiger partial charge in [-0.15, -0.1) is 0 Å². The molecule has 1 amide bonds. The van der Waals surface area contributed by atoms with Gasteiger partial charge in [-0.3, -0.25) is 4.79 Å². The van der Waals surface area contributed by atoms with Crippen molar-refractivity contribution in [3.8, 4) is 0 Å². The smallest absolute Gasteiger partial charge is 0.256 e. The number of nitrogens with zero attached hydrogens (tertiary/aromatic N) is 3. The number of pyridine rings is 1. The van der Waals surface area contributed by atoms with E-state index in [0.717, 1.165) is 36.2 Å². The Kier molecular flexibility index (Phi) is 5.95. The van der Waals surface area contributed by atoms with E-state index in [9.17, 15) is 9.18 Å². The molecule has 27 heavy (non-hydrogen) atoms. The average Bonchev–Trinajstić information content (AvgIpc) is 2.91. The number of fused-ring (bicyclic) bond motifs is 1. The van der Waals surface area contributed by atoms with E-state index in [1.54, 1.807) is 6.07 Å². The molecule has 5 nitrogen and oxygen atoms in total. The zero-order valence-corrected chi connectivity index (χ0v) is 18.4. The third-order valence-corrected chi connectivity index (χ3v) is 5.47. The number of amides is 1. The lowest BCUT2D eigenvalue weighted by Gasteiger charge is -2.11. The fraction of sp³-hybridized carbons (Fsp3) is 0.316. The molecule has 0 bridgehead atoms. The van der Waals surface area contributed by atoms with Crippen molar-refractivity contribution < 1.29 is 9.18 Å². The van der Waals surface area contributed by atoms with Crippen molar-refractivity contribution in [2.24, 2.45) is 0 Å². The van der Waals surface area contributed by atoms with Gasteiger partial charge in [0.05, 0.1) is 22.3 Å². The third-order valence-electron chi connectivity index (χ3n) is 4.22. The van der Waals surface area contributed by atoms with Gasteiger partial charge in [-0.2, -0.15) is 5.10 Å². The number of hydrogen-bond donors (Lipinski definition) is 1. The molecule has 142 valence electrons. The Balaban J connectivity index is 2.06. The summed E-state index contributed by atoms with van der Waals surface area (Å²) in [6.45, 7) is 6.61. The van der Waals surface area contributed by atoms with Crippen LogP contribution in [0, 0.1) is 19.7 Å². The molecule has 0 aliphatic rings. The van der Waals surface area contributed by atoms with Crippen LogP contribution in [0.5, 0.6) is 0 Å². The lowest BCUT2D eigenvalue weighted by Crippen LogP contribution is -2.14. The molecular weight excluding hydrogens is 479 g/mol. The molecule has 2 aromatic heterocycles. The summed E-state index contributed by atoms with van der Waals surface area (Å²) in [4.78, 5) is 17.6. The van der Waals surface area contributed by atoms with Gasteiger partial charge in [0.2, 0.25) is 0 Å².